The van der Waals surface area contributed by atoms with Crippen LogP contribution in [0.4, 0.5) is 0 Å². The van der Waals surface area contributed by atoms with E-state index in [2.05, 4.69) is 20.9 Å². The molecule has 1 aromatic heterocycles. The predicted molar refractivity (Wildman–Crippen MR) is 96.2 cm³/mol. The highest BCUT2D eigenvalue weighted by Gasteiger charge is 2.37. The van der Waals surface area contributed by atoms with E-state index in [0.717, 1.165) is 21.3 Å². The second-order valence-corrected chi connectivity index (χ2v) is 6.67. The molecule has 0 saturated carbocycles. The van der Waals surface area contributed by atoms with Crippen molar-refractivity contribution in [2.45, 2.75) is 18.4 Å². The molecule has 0 unspecified atom stereocenters. The zero-order chi connectivity index (χ0) is 16.3. The smallest absolute Gasteiger partial charge is 0.0992 e. The van der Waals surface area contributed by atoms with Crippen LogP contribution < -0.4 is 0 Å². The van der Waals surface area contributed by atoms with Gasteiger partial charge in [-0.25, -0.2) is 0 Å². The minimum atomic E-state index is -1.08. The molecule has 3 rings (SSSR count). The summed E-state index contributed by atoms with van der Waals surface area (Å²) in [5.74, 6) is -0.251. The van der Waals surface area contributed by atoms with Gasteiger partial charge in [0.05, 0.1) is 17.2 Å². The summed E-state index contributed by atoms with van der Waals surface area (Å²) in [4.78, 5) is 4.50. The van der Waals surface area contributed by atoms with Crippen LogP contribution in [0, 0.1) is 0 Å². The van der Waals surface area contributed by atoms with Crippen molar-refractivity contribution in [2.24, 2.45) is 0 Å². The van der Waals surface area contributed by atoms with E-state index in [1.165, 1.54) is 0 Å². The Labute approximate surface area is 145 Å². The van der Waals surface area contributed by atoms with Crippen LogP contribution in [0.25, 0.3) is 0 Å². The van der Waals surface area contributed by atoms with Gasteiger partial charge in [-0.1, -0.05) is 64.5 Å². The summed E-state index contributed by atoms with van der Waals surface area (Å²) in [5.41, 5.74) is 1.66. The van der Waals surface area contributed by atoms with Crippen molar-refractivity contribution in [1.29, 1.82) is 0 Å². The summed E-state index contributed by atoms with van der Waals surface area (Å²) >= 11 is 3.49. The molecule has 2 nitrogen and oxygen atoms in total. The van der Waals surface area contributed by atoms with Crippen LogP contribution in [0.1, 0.15) is 29.7 Å². The molecule has 0 amide bonds. The summed E-state index contributed by atoms with van der Waals surface area (Å²) in [6, 6.07) is 23.6. The number of rotatable bonds is 4. The fourth-order valence-corrected chi connectivity index (χ4v) is 3.34. The maximum absolute atomic E-state index is 11.4. The summed E-state index contributed by atoms with van der Waals surface area (Å²) in [5, 5.41) is 11.4. The molecule has 0 spiro atoms. The van der Waals surface area contributed by atoms with Gasteiger partial charge in [0, 0.05) is 10.7 Å². The van der Waals surface area contributed by atoms with E-state index < -0.39 is 5.60 Å². The Balaban J connectivity index is 2.15. The number of halogens is 1. The van der Waals surface area contributed by atoms with E-state index in [0.29, 0.717) is 0 Å². The van der Waals surface area contributed by atoms with Crippen molar-refractivity contribution in [3.05, 3.63) is 100 Å². The Bertz CT molecular complexity index is 732. The summed E-state index contributed by atoms with van der Waals surface area (Å²) < 4.78 is 0.947. The minimum absolute atomic E-state index is 0.251. The van der Waals surface area contributed by atoms with Gasteiger partial charge >= 0.3 is 0 Å². The summed E-state index contributed by atoms with van der Waals surface area (Å²) in [7, 11) is 0. The number of hydrogen-bond acceptors (Lipinski definition) is 2. The van der Waals surface area contributed by atoms with E-state index in [4.69, 9.17) is 0 Å². The average molecular weight is 368 g/mol. The number of aliphatic hydroxyl groups is 1. The quantitative estimate of drug-likeness (QED) is 0.712. The number of nitrogens with zero attached hydrogens (tertiary/aromatic N) is 1. The zero-order valence-electron chi connectivity index (χ0n) is 12.9. The largest absolute Gasteiger partial charge is 0.384 e. The van der Waals surface area contributed by atoms with Gasteiger partial charge in [-0.3, -0.25) is 4.98 Å². The normalized spacial score (nSPS) is 14.9. The van der Waals surface area contributed by atoms with Crippen molar-refractivity contribution in [3.63, 3.8) is 0 Å². The molecular formula is C20H18BrNO. The number of aromatic nitrogens is 1. The molecule has 0 aliphatic rings. The molecule has 0 aliphatic carbocycles. The Kier molecular flexibility index (Phi) is 4.60. The van der Waals surface area contributed by atoms with Gasteiger partial charge in [-0.2, -0.15) is 0 Å². The first-order valence-corrected chi connectivity index (χ1v) is 8.32. The SMILES string of the molecule is C[C@@](O)(c1cccc(Br)c1)[C@@H](c1ccccc1)c1ccccn1. The second-order valence-electron chi connectivity index (χ2n) is 5.76. The van der Waals surface area contributed by atoms with Crippen LogP contribution in [-0.4, -0.2) is 10.1 Å². The highest BCUT2D eigenvalue weighted by molar-refractivity contribution is 9.10. The minimum Gasteiger partial charge on any atom is -0.384 e. The Hall–Kier alpha value is -1.97. The fraction of sp³-hybridized carbons (Fsp3) is 0.150. The Morgan fingerprint density at radius 1 is 0.957 bits per heavy atom. The van der Waals surface area contributed by atoms with Crippen molar-refractivity contribution in [2.75, 3.05) is 0 Å². The molecule has 1 heterocycles. The first-order chi connectivity index (χ1) is 11.1. The molecule has 0 radical (unpaired) electrons. The second kappa shape index (κ2) is 6.65. The highest BCUT2D eigenvalue weighted by Crippen LogP contribution is 2.41. The monoisotopic (exact) mass is 367 g/mol. The van der Waals surface area contributed by atoms with Crippen LogP contribution in [0.15, 0.2) is 83.5 Å². The molecule has 3 aromatic rings. The van der Waals surface area contributed by atoms with Crippen molar-refractivity contribution >= 4 is 15.9 Å². The fourth-order valence-electron chi connectivity index (χ4n) is 2.95. The third-order valence-electron chi connectivity index (χ3n) is 4.09. The molecule has 116 valence electrons. The van der Waals surface area contributed by atoms with Gasteiger partial charge in [0.2, 0.25) is 0 Å². The third-order valence-corrected chi connectivity index (χ3v) is 4.58. The van der Waals surface area contributed by atoms with E-state index in [-0.39, 0.29) is 5.92 Å². The first-order valence-electron chi connectivity index (χ1n) is 7.53. The van der Waals surface area contributed by atoms with Crippen LogP contribution in [0.5, 0.6) is 0 Å². The molecule has 0 bridgehead atoms. The molecule has 3 heteroatoms. The molecule has 2 atom stereocenters. The van der Waals surface area contributed by atoms with Crippen LogP contribution in [0.3, 0.4) is 0 Å². The molecule has 1 N–H and O–H groups in total. The van der Waals surface area contributed by atoms with E-state index in [9.17, 15) is 5.11 Å². The maximum Gasteiger partial charge on any atom is 0.0992 e. The van der Waals surface area contributed by atoms with E-state index in [1.54, 1.807) is 6.20 Å². The van der Waals surface area contributed by atoms with Crippen LogP contribution in [-0.2, 0) is 5.60 Å². The lowest BCUT2D eigenvalue weighted by molar-refractivity contribution is 0.0380. The predicted octanol–water partition coefficient (Wildman–Crippen LogP) is 4.88. The highest BCUT2D eigenvalue weighted by atomic mass is 79.9. The van der Waals surface area contributed by atoms with Crippen molar-refractivity contribution < 1.29 is 5.11 Å². The standard InChI is InChI=1S/C20H18BrNO/c1-20(23,16-10-7-11-17(21)14-16)19(15-8-3-2-4-9-15)18-12-5-6-13-22-18/h2-14,19,23H,1H3/t19-,20+/m0/s1. The third kappa shape index (κ3) is 3.36. The van der Waals surface area contributed by atoms with Gasteiger partial charge in [-0.05, 0) is 42.3 Å². The first kappa shape index (κ1) is 15.9. The molecule has 0 aliphatic heterocycles. The number of benzene rings is 2. The lowest BCUT2D eigenvalue weighted by atomic mass is 9.76. The van der Waals surface area contributed by atoms with Gasteiger partial charge in [-0.15, -0.1) is 0 Å². The van der Waals surface area contributed by atoms with Gasteiger partial charge in [0.1, 0.15) is 0 Å². The van der Waals surface area contributed by atoms with Crippen LogP contribution in [0.2, 0.25) is 0 Å². The topological polar surface area (TPSA) is 33.1 Å². The van der Waals surface area contributed by atoms with Crippen molar-refractivity contribution in [1.82, 2.24) is 4.98 Å². The summed E-state index contributed by atoms with van der Waals surface area (Å²) in [6.45, 7) is 1.85. The van der Waals surface area contributed by atoms with Gasteiger partial charge in [0.25, 0.3) is 0 Å². The maximum atomic E-state index is 11.4. The molecular weight excluding hydrogens is 350 g/mol. The lowest BCUT2D eigenvalue weighted by Crippen LogP contribution is -2.31. The number of hydrogen-bond donors (Lipinski definition) is 1. The Morgan fingerprint density at radius 2 is 1.70 bits per heavy atom. The lowest BCUT2D eigenvalue weighted by Gasteiger charge is -2.33. The summed E-state index contributed by atoms with van der Waals surface area (Å²) in [6.07, 6.45) is 1.77. The van der Waals surface area contributed by atoms with Gasteiger partial charge < -0.3 is 5.11 Å². The van der Waals surface area contributed by atoms with Crippen molar-refractivity contribution in [3.8, 4) is 0 Å². The molecule has 0 saturated heterocycles. The van der Waals surface area contributed by atoms with E-state index >= 15 is 0 Å². The van der Waals surface area contributed by atoms with Crippen LogP contribution >= 0.6 is 15.9 Å². The number of pyridine rings is 1. The molecule has 0 fully saturated rings. The zero-order valence-corrected chi connectivity index (χ0v) is 14.4. The Morgan fingerprint density at radius 3 is 2.35 bits per heavy atom. The average Bonchev–Trinajstić information content (AvgIpc) is 2.57. The molecule has 23 heavy (non-hydrogen) atoms. The molecule has 2 aromatic carbocycles. The van der Waals surface area contributed by atoms with Gasteiger partial charge in [0.15, 0.2) is 0 Å². The van der Waals surface area contributed by atoms with E-state index in [1.807, 2.05) is 79.7 Å².